The standard InChI is InChI=1S/C11H14F4N2O2/c1-6(2)19-9-7(16)3-4-8(17-9)18-5-11(14,15)10(12)13/h3-4,6,10H,5,16H2,1-2H3. The number of nitrogen functional groups attached to an aromatic ring is 1. The second-order valence-electron chi connectivity index (χ2n) is 4.06. The largest absolute Gasteiger partial charge is 0.473 e. The molecule has 8 heteroatoms. The number of ether oxygens (including phenoxy) is 2. The van der Waals surface area contributed by atoms with Gasteiger partial charge < -0.3 is 15.2 Å². The molecule has 0 bridgehead atoms. The summed E-state index contributed by atoms with van der Waals surface area (Å²) in [5, 5.41) is 0. The van der Waals surface area contributed by atoms with Gasteiger partial charge in [0.05, 0.1) is 11.8 Å². The van der Waals surface area contributed by atoms with Crippen LogP contribution in [0.1, 0.15) is 13.8 Å². The Morgan fingerprint density at radius 3 is 2.47 bits per heavy atom. The van der Waals surface area contributed by atoms with Gasteiger partial charge in [-0.3, -0.25) is 0 Å². The lowest BCUT2D eigenvalue weighted by Crippen LogP contribution is -2.33. The van der Waals surface area contributed by atoms with Gasteiger partial charge in [-0.25, -0.2) is 8.78 Å². The number of anilines is 1. The van der Waals surface area contributed by atoms with Gasteiger partial charge in [-0.1, -0.05) is 0 Å². The minimum absolute atomic E-state index is 0.00728. The molecule has 4 nitrogen and oxygen atoms in total. The predicted octanol–water partition coefficient (Wildman–Crippen LogP) is 2.73. The highest BCUT2D eigenvalue weighted by Gasteiger charge is 2.41. The summed E-state index contributed by atoms with van der Waals surface area (Å²) >= 11 is 0. The maximum Gasteiger partial charge on any atom is 0.340 e. The van der Waals surface area contributed by atoms with Crippen molar-refractivity contribution in [1.29, 1.82) is 0 Å². The Bertz CT molecular complexity index is 427. The van der Waals surface area contributed by atoms with Gasteiger partial charge >= 0.3 is 12.3 Å². The molecule has 1 heterocycles. The van der Waals surface area contributed by atoms with Crippen LogP contribution in [-0.4, -0.2) is 30.0 Å². The number of alkyl halides is 4. The van der Waals surface area contributed by atoms with Crippen LogP contribution in [0.25, 0.3) is 0 Å². The Morgan fingerprint density at radius 2 is 1.95 bits per heavy atom. The second kappa shape index (κ2) is 5.94. The number of pyridine rings is 1. The molecule has 0 aromatic carbocycles. The van der Waals surface area contributed by atoms with Crippen LogP contribution in [0.3, 0.4) is 0 Å². The topological polar surface area (TPSA) is 57.4 Å². The maximum absolute atomic E-state index is 12.7. The molecule has 0 amide bonds. The van der Waals surface area contributed by atoms with E-state index in [0.29, 0.717) is 0 Å². The third kappa shape index (κ3) is 4.46. The first-order chi connectivity index (χ1) is 8.72. The first-order valence-corrected chi connectivity index (χ1v) is 5.44. The number of nitrogens with zero attached hydrogens (tertiary/aromatic N) is 1. The van der Waals surface area contributed by atoms with E-state index in [0.717, 1.165) is 0 Å². The van der Waals surface area contributed by atoms with E-state index >= 15 is 0 Å². The van der Waals surface area contributed by atoms with Crippen molar-refractivity contribution in [3.05, 3.63) is 12.1 Å². The molecular weight excluding hydrogens is 268 g/mol. The molecule has 19 heavy (non-hydrogen) atoms. The van der Waals surface area contributed by atoms with Crippen molar-refractivity contribution in [2.24, 2.45) is 0 Å². The van der Waals surface area contributed by atoms with Gasteiger partial charge in [0.25, 0.3) is 0 Å². The van der Waals surface area contributed by atoms with Crippen LogP contribution in [0, 0.1) is 0 Å². The molecule has 108 valence electrons. The number of rotatable bonds is 6. The summed E-state index contributed by atoms with van der Waals surface area (Å²) in [6, 6.07) is 2.53. The fourth-order valence-electron chi connectivity index (χ4n) is 1.07. The lowest BCUT2D eigenvalue weighted by atomic mass is 10.3. The zero-order valence-electron chi connectivity index (χ0n) is 10.4. The quantitative estimate of drug-likeness (QED) is 0.815. The summed E-state index contributed by atoms with van der Waals surface area (Å²) in [7, 11) is 0. The number of hydrogen-bond acceptors (Lipinski definition) is 4. The van der Waals surface area contributed by atoms with Crippen molar-refractivity contribution in [2.75, 3.05) is 12.3 Å². The van der Waals surface area contributed by atoms with Crippen LogP contribution in [0.15, 0.2) is 12.1 Å². The Hall–Kier alpha value is -1.73. The van der Waals surface area contributed by atoms with E-state index in [-0.39, 0.29) is 23.6 Å². The molecule has 1 aromatic rings. The SMILES string of the molecule is CC(C)Oc1nc(OCC(F)(F)C(F)F)ccc1N. The number of halogens is 4. The van der Waals surface area contributed by atoms with Gasteiger partial charge in [-0.2, -0.15) is 13.8 Å². The lowest BCUT2D eigenvalue weighted by molar-refractivity contribution is -0.148. The number of hydrogen-bond donors (Lipinski definition) is 1. The minimum Gasteiger partial charge on any atom is -0.473 e. The van der Waals surface area contributed by atoms with Crippen LogP contribution < -0.4 is 15.2 Å². The molecule has 0 unspecified atom stereocenters. The van der Waals surface area contributed by atoms with Gasteiger partial charge in [-0.05, 0) is 19.9 Å². The van der Waals surface area contributed by atoms with E-state index in [1.165, 1.54) is 12.1 Å². The van der Waals surface area contributed by atoms with Crippen molar-refractivity contribution in [1.82, 2.24) is 4.98 Å². The Morgan fingerprint density at radius 1 is 1.32 bits per heavy atom. The van der Waals surface area contributed by atoms with Crippen LogP contribution in [0.5, 0.6) is 11.8 Å². The molecule has 0 saturated carbocycles. The first kappa shape index (κ1) is 15.3. The third-order valence-corrected chi connectivity index (χ3v) is 1.94. The van der Waals surface area contributed by atoms with E-state index in [1.807, 2.05) is 0 Å². The van der Waals surface area contributed by atoms with E-state index < -0.39 is 19.0 Å². The molecule has 0 fully saturated rings. The minimum atomic E-state index is -4.23. The van der Waals surface area contributed by atoms with Crippen LogP contribution in [0.4, 0.5) is 23.2 Å². The highest BCUT2D eigenvalue weighted by molar-refractivity contribution is 5.49. The van der Waals surface area contributed by atoms with Gasteiger partial charge in [0, 0.05) is 6.07 Å². The Kier molecular flexibility index (Phi) is 4.79. The van der Waals surface area contributed by atoms with E-state index in [2.05, 4.69) is 9.72 Å². The molecule has 0 saturated heterocycles. The zero-order valence-corrected chi connectivity index (χ0v) is 10.4. The molecular formula is C11H14F4N2O2. The van der Waals surface area contributed by atoms with Gasteiger partial charge in [0.2, 0.25) is 11.8 Å². The first-order valence-electron chi connectivity index (χ1n) is 5.44. The fraction of sp³-hybridized carbons (Fsp3) is 0.545. The number of nitrogens with two attached hydrogens (primary N) is 1. The van der Waals surface area contributed by atoms with Crippen molar-refractivity contribution >= 4 is 5.69 Å². The average molecular weight is 282 g/mol. The smallest absolute Gasteiger partial charge is 0.340 e. The van der Waals surface area contributed by atoms with Crippen LogP contribution in [0.2, 0.25) is 0 Å². The van der Waals surface area contributed by atoms with Crippen molar-refractivity contribution in [3.8, 4) is 11.8 Å². The maximum atomic E-state index is 12.7. The third-order valence-electron chi connectivity index (χ3n) is 1.94. The summed E-state index contributed by atoms with van der Waals surface area (Å²) in [6.07, 6.45) is -4.03. The van der Waals surface area contributed by atoms with E-state index in [1.54, 1.807) is 13.8 Å². The molecule has 0 atom stereocenters. The summed E-state index contributed by atoms with van der Waals surface area (Å²) in [5.74, 6) is -4.49. The monoisotopic (exact) mass is 282 g/mol. The molecule has 0 radical (unpaired) electrons. The van der Waals surface area contributed by atoms with E-state index in [4.69, 9.17) is 10.5 Å². The molecule has 0 aliphatic rings. The molecule has 1 aromatic heterocycles. The van der Waals surface area contributed by atoms with Crippen molar-refractivity contribution in [3.63, 3.8) is 0 Å². The fourth-order valence-corrected chi connectivity index (χ4v) is 1.07. The summed E-state index contributed by atoms with van der Waals surface area (Å²) < 4.78 is 58.9. The van der Waals surface area contributed by atoms with Crippen LogP contribution >= 0.6 is 0 Å². The average Bonchev–Trinajstić information content (AvgIpc) is 2.29. The second-order valence-corrected chi connectivity index (χ2v) is 4.06. The highest BCUT2D eigenvalue weighted by atomic mass is 19.3. The predicted molar refractivity (Wildman–Crippen MR) is 60.9 cm³/mol. The van der Waals surface area contributed by atoms with Gasteiger partial charge in [-0.15, -0.1) is 0 Å². The van der Waals surface area contributed by atoms with E-state index in [9.17, 15) is 17.6 Å². The lowest BCUT2D eigenvalue weighted by Gasteiger charge is -2.16. The Balaban J connectivity index is 2.75. The summed E-state index contributed by atoms with van der Waals surface area (Å²) in [4.78, 5) is 3.73. The molecule has 0 aliphatic heterocycles. The Labute approximate surface area is 107 Å². The van der Waals surface area contributed by atoms with Crippen molar-refractivity contribution in [2.45, 2.75) is 32.3 Å². The van der Waals surface area contributed by atoms with Gasteiger partial charge in [0.1, 0.15) is 0 Å². The molecule has 0 spiro atoms. The number of aromatic nitrogens is 1. The van der Waals surface area contributed by atoms with Crippen LogP contribution in [-0.2, 0) is 0 Å². The highest BCUT2D eigenvalue weighted by Crippen LogP contribution is 2.26. The van der Waals surface area contributed by atoms with Gasteiger partial charge in [0.15, 0.2) is 6.61 Å². The zero-order chi connectivity index (χ0) is 14.6. The normalized spacial score (nSPS) is 12.0. The summed E-state index contributed by atoms with van der Waals surface area (Å²) in [5.41, 5.74) is 5.75. The summed E-state index contributed by atoms with van der Waals surface area (Å²) in [6.45, 7) is 1.97. The molecule has 1 rings (SSSR count). The molecule has 2 N–H and O–H groups in total. The van der Waals surface area contributed by atoms with Crippen molar-refractivity contribution < 1.29 is 27.0 Å². The molecule has 0 aliphatic carbocycles.